The molecule has 0 aromatic carbocycles. The van der Waals surface area contributed by atoms with Gasteiger partial charge in [-0.2, -0.15) is 9.38 Å². The number of aromatic nitrogens is 2. The summed E-state index contributed by atoms with van der Waals surface area (Å²) in [4.78, 5) is 21.0. The molecule has 0 amide bonds. The summed E-state index contributed by atoms with van der Waals surface area (Å²) in [6.07, 6.45) is 8.61. The Bertz CT molecular complexity index is 713. The third-order valence-electron chi connectivity index (χ3n) is 5.31. The van der Waals surface area contributed by atoms with Crippen LogP contribution in [0.25, 0.3) is 4.96 Å². The van der Waals surface area contributed by atoms with Gasteiger partial charge in [-0.1, -0.05) is 30.6 Å². The molecule has 1 aliphatic carbocycles. The van der Waals surface area contributed by atoms with Gasteiger partial charge in [0.1, 0.15) is 6.20 Å². The number of rotatable bonds is 4. The monoisotopic (exact) mass is 349 g/mol. The average molecular weight is 349 g/mol. The topological polar surface area (TPSA) is 66.9 Å². The van der Waals surface area contributed by atoms with Crippen molar-refractivity contribution < 1.29 is 4.92 Å². The molecule has 0 atom stereocenters. The molecule has 1 saturated heterocycles. The van der Waals surface area contributed by atoms with Crippen molar-refractivity contribution in [1.29, 1.82) is 0 Å². The number of hydrogen-bond acceptors (Lipinski definition) is 6. The van der Waals surface area contributed by atoms with E-state index in [9.17, 15) is 10.1 Å². The average Bonchev–Trinajstić information content (AvgIpc) is 3.17. The molecule has 0 unspecified atom stereocenters. The van der Waals surface area contributed by atoms with Gasteiger partial charge in [-0.25, -0.2) is 0 Å². The van der Waals surface area contributed by atoms with Gasteiger partial charge in [-0.15, -0.1) is 0 Å². The largest absolute Gasteiger partial charge is 0.373 e. The van der Waals surface area contributed by atoms with Gasteiger partial charge in [-0.05, 0) is 23.7 Å². The van der Waals surface area contributed by atoms with E-state index >= 15 is 0 Å². The molecule has 2 aromatic heterocycles. The Morgan fingerprint density at radius 2 is 1.96 bits per heavy atom. The molecule has 4 rings (SSSR count). The summed E-state index contributed by atoms with van der Waals surface area (Å²) >= 11 is 1.44. The van der Waals surface area contributed by atoms with Crippen LogP contribution in [0.15, 0.2) is 11.6 Å². The van der Waals surface area contributed by atoms with Crippen LogP contribution in [0.3, 0.4) is 0 Å². The second-order valence-electron chi connectivity index (χ2n) is 6.86. The van der Waals surface area contributed by atoms with Gasteiger partial charge in [0.15, 0.2) is 0 Å². The highest BCUT2D eigenvalue weighted by Gasteiger charge is 2.30. The number of nitrogens with zero attached hydrogens (tertiary/aromatic N) is 5. The van der Waals surface area contributed by atoms with Crippen LogP contribution >= 0.6 is 11.3 Å². The van der Waals surface area contributed by atoms with Gasteiger partial charge in [0.25, 0.3) is 4.96 Å². The van der Waals surface area contributed by atoms with Gasteiger partial charge in [0, 0.05) is 38.1 Å². The zero-order chi connectivity index (χ0) is 16.5. The normalized spacial score (nSPS) is 20.8. The van der Waals surface area contributed by atoms with Crippen LogP contribution in [-0.4, -0.2) is 51.9 Å². The van der Waals surface area contributed by atoms with Crippen LogP contribution in [0.4, 0.5) is 11.6 Å². The van der Waals surface area contributed by atoms with Gasteiger partial charge < -0.3 is 15.0 Å². The maximum absolute atomic E-state index is 11.5. The van der Waals surface area contributed by atoms with E-state index in [1.165, 1.54) is 50.0 Å². The SMILES string of the molecule is O=[N+]([O-])c1c(N2CCN(CC3CCCCC3)CC2)nc2sccn12. The Morgan fingerprint density at radius 1 is 1.21 bits per heavy atom. The quantitative estimate of drug-likeness (QED) is 0.627. The molecule has 0 radical (unpaired) electrons. The molecule has 0 bridgehead atoms. The second kappa shape index (κ2) is 6.68. The number of thiazole rings is 1. The van der Waals surface area contributed by atoms with Crippen molar-refractivity contribution in [2.45, 2.75) is 32.1 Å². The molecule has 24 heavy (non-hydrogen) atoms. The minimum Gasteiger partial charge on any atom is -0.358 e. The van der Waals surface area contributed by atoms with Gasteiger partial charge in [0.05, 0.1) is 0 Å². The second-order valence-corrected chi connectivity index (χ2v) is 7.74. The van der Waals surface area contributed by atoms with Crippen LogP contribution in [0.5, 0.6) is 0 Å². The molecule has 3 heterocycles. The summed E-state index contributed by atoms with van der Waals surface area (Å²) in [7, 11) is 0. The van der Waals surface area contributed by atoms with E-state index in [1.54, 1.807) is 10.6 Å². The van der Waals surface area contributed by atoms with E-state index in [2.05, 4.69) is 14.8 Å². The van der Waals surface area contributed by atoms with E-state index in [0.29, 0.717) is 10.8 Å². The Labute approximate surface area is 145 Å². The van der Waals surface area contributed by atoms with E-state index < -0.39 is 0 Å². The Morgan fingerprint density at radius 3 is 2.67 bits per heavy atom. The lowest BCUT2D eigenvalue weighted by Crippen LogP contribution is -2.48. The predicted molar refractivity (Wildman–Crippen MR) is 95.0 cm³/mol. The minimum atomic E-state index is -0.309. The Balaban J connectivity index is 1.43. The van der Waals surface area contributed by atoms with E-state index in [4.69, 9.17) is 0 Å². The highest BCUT2D eigenvalue weighted by Crippen LogP contribution is 2.32. The lowest BCUT2D eigenvalue weighted by molar-refractivity contribution is -0.389. The molecule has 130 valence electrons. The number of piperazine rings is 1. The molecule has 1 saturated carbocycles. The van der Waals surface area contributed by atoms with Crippen molar-refractivity contribution in [2.24, 2.45) is 5.92 Å². The lowest BCUT2D eigenvalue weighted by Gasteiger charge is -2.37. The number of nitro groups is 1. The van der Waals surface area contributed by atoms with Crippen LogP contribution < -0.4 is 4.90 Å². The van der Waals surface area contributed by atoms with Crippen LogP contribution in [-0.2, 0) is 0 Å². The summed E-state index contributed by atoms with van der Waals surface area (Å²) in [5.41, 5.74) is 0. The fraction of sp³-hybridized carbons (Fsp3) is 0.688. The Kier molecular flexibility index (Phi) is 4.41. The Hall–Kier alpha value is -1.67. The van der Waals surface area contributed by atoms with Gasteiger partial charge >= 0.3 is 5.82 Å². The van der Waals surface area contributed by atoms with Crippen molar-refractivity contribution in [1.82, 2.24) is 14.3 Å². The summed E-state index contributed by atoms with van der Waals surface area (Å²) in [6.45, 7) is 4.77. The molecule has 2 fully saturated rings. The maximum Gasteiger partial charge on any atom is 0.373 e. The highest BCUT2D eigenvalue weighted by molar-refractivity contribution is 7.15. The molecule has 2 aromatic rings. The molecule has 8 heteroatoms. The molecular formula is C16H23N5O2S. The summed E-state index contributed by atoms with van der Waals surface area (Å²) < 4.78 is 1.59. The third-order valence-corrected chi connectivity index (χ3v) is 6.06. The lowest BCUT2D eigenvalue weighted by atomic mass is 9.89. The first-order valence-electron chi connectivity index (χ1n) is 8.79. The molecule has 0 spiro atoms. The predicted octanol–water partition coefficient (Wildman–Crippen LogP) is 3.01. The highest BCUT2D eigenvalue weighted by atomic mass is 32.1. The van der Waals surface area contributed by atoms with E-state index in [-0.39, 0.29) is 10.7 Å². The molecule has 7 nitrogen and oxygen atoms in total. The van der Waals surface area contributed by atoms with E-state index in [0.717, 1.165) is 32.1 Å². The zero-order valence-electron chi connectivity index (χ0n) is 13.8. The fourth-order valence-electron chi connectivity index (χ4n) is 4.02. The van der Waals surface area contributed by atoms with Crippen molar-refractivity contribution in [2.75, 3.05) is 37.6 Å². The van der Waals surface area contributed by atoms with Gasteiger partial charge in [0.2, 0.25) is 5.82 Å². The van der Waals surface area contributed by atoms with Crippen molar-refractivity contribution in [3.63, 3.8) is 0 Å². The fourth-order valence-corrected chi connectivity index (χ4v) is 4.73. The molecule has 2 aliphatic rings. The van der Waals surface area contributed by atoms with Crippen LogP contribution in [0.1, 0.15) is 32.1 Å². The smallest absolute Gasteiger partial charge is 0.358 e. The van der Waals surface area contributed by atoms with Crippen LogP contribution in [0.2, 0.25) is 0 Å². The first-order chi connectivity index (χ1) is 11.7. The van der Waals surface area contributed by atoms with Crippen LogP contribution in [0, 0.1) is 16.0 Å². The molecule has 0 N–H and O–H groups in total. The molecule has 1 aliphatic heterocycles. The maximum atomic E-state index is 11.5. The minimum absolute atomic E-state index is 0.104. The molecular weight excluding hydrogens is 326 g/mol. The number of anilines is 1. The van der Waals surface area contributed by atoms with Gasteiger partial charge in [-0.3, -0.25) is 4.90 Å². The first kappa shape index (κ1) is 15.8. The number of fused-ring (bicyclic) bond motifs is 1. The zero-order valence-corrected chi connectivity index (χ0v) is 14.6. The summed E-state index contributed by atoms with van der Waals surface area (Å²) in [6, 6.07) is 0. The van der Waals surface area contributed by atoms with Crippen molar-refractivity contribution >= 4 is 27.9 Å². The first-order valence-corrected chi connectivity index (χ1v) is 9.67. The summed E-state index contributed by atoms with van der Waals surface area (Å²) in [5.74, 6) is 1.48. The van der Waals surface area contributed by atoms with E-state index in [1.807, 2.05) is 5.38 Å². The third kappa shape index (κ3) is 3.00. The van der Waals surface area contributed by atoms with Crippen molar-refractivity contribution in [3.8, 4) is 0 Å². The summed E-state index contributed by atoms with van der Waals surface area (Å²) in [5, 5.41) is 13.3. The standard InChI is InChI=1S/C16H23N5O2S/c22-21(23)15-14(17-16-20(15)10-11-24-16)19-8-6-18(7-9-19)12-13-4-2-1-3-5-13/h10-11,13H,1-9,12H2. The van der Waals surface area contributed by atoms with Crippen molar-refractivity contribution in [3.05, 3.63) is 21.7 Å². The number of imidazole rings is 1. The number of hydrogen-bond donors (Lipinski definition) is 0.